The molecular formula is C24H27F3N6O3. The van der Waals surface area contributed by atoms with E-state index in [9.17, 15) is 18.0 Å². The molecule has 5 rings (SSSR count). The van der Waals surface area contributed by atoms with Gasteiger partial charge in [0.15, 0.2) is 5.65 Å². The molecule has 1 unspecified atom stereocenters. The van der Waals surface area contributed by atoms with Crippen LogP contribution in [0.25, 0.3) is 11.2 Å². The first-order valence-electron chi connectivity index (χ1n) is 11.9. The number of nitrogens with two attached hydrogens (primary N) is 1. The van der Waals surface area contributed by atoms with E-state index in [1.54, 1.807) is 11.1 Å². The molecule has 2 saturated heterocycles. The number of carbonyl (C=O) groups excluding carboxylic acids is 1. The van der Waals surface area contributed by atoms with Gasteiger partial charge in [-0.15, -0.1) is 13.2 Å². The lowest BCUT2D eigenvalue weighted by Gasteiger charge is -2.32. The largest absolute Gasteiger partial charge is 0.573 e. The Bertz CT molecular complexity index is 1230. The number of likely N-dealkylation sites (tertiary alicyclic amines) is 1. The number of piperidine rings is 1. The maximum absolute atomic E-state index is 13.0. The molecule has 9 nitrogen and oxygen atoms in total. The number of alkyl halides is 3. The molecule has 0 saturated carbocycles. The molecule has 0 radical (unpaired) electrons. The number of aromatic nitrogens is 3. The van der Waals surface area contributed by atoms with Crippen molar-refractivity contribution in [3.05, 3.63) is 47.4 Å². The van der Waals surface area contributed by atoms with E-state index in [4.69, 9.17) is 15.5 Å². The number of nitrogen functional groups attached to an aromatic ring is 1. The zero-order valence-electron chi connectivity index (χ0n) is 19.5. The maximum Gasteiger partial charge on any atom is 0.573 e. The molecule has 2 aromatic heterocycles. The molecule has 192 valence electrons. The van der Waals surface area contributed by atoms with Crippen LogP contribution in [0.4, 0.5) is 18.9 Å². The monoisotopic (exact) mass is 504 g/mol. The number of benzene rings is 1. The maximum atomic E-state index is 13.0. The topological polar surface area (TPSA) is 118 Å². The highest BCUT2D eigenvalue weighted by Crippen LogP contribution is 2.34. The number of hydrogen-bond donors (Lipinski definition) is 3. The van der Waals surface area contributed by atoms with Crippen molar-refractivity contribution in [2.45, 2.75) is 37.6 Å². The van der Waals surface area contributed by atoms with Crippen molar-refractivity contribution in [2.75, 3.05) is 38.5 Å². The molecule has 36 heavy (non-hydrogen) atoms. The van der Waals surface area contributed by atoms with Gasteiger partial charge in [-0.25, -0.2) is 9.97 Å². The van der Waals surface area contributed by atoms with Gasteiger partial charge < -0.3 is 30.4 Å². The van der Waals surface area contributed by atoms with E-state index in [2.05, 4.69) is 20.0 Å². The Labute approximate surface area is 205 Å². The summed E-state index contributed by atoms with van der Waals surface area (Å²) in [7, 11) is 0. The third kappa shape index (κ3) is 5.24. The second-order valence-corrected chi connectivity index (χ2v) is 9.00. The van der Waals surface area contributed by atoms with Gasteiger partial charge in [-0.3, -0.25) is 4.79 Å². The molecule has 2 aliphatic heterocycles. The zero-order valence-corrected chi connectivity index (χ0v) is 19.5. The highest BCUT2D eigenvalue weighted by atomic mass is 19.4. The predicted octanol–water partition coefficient (Wildman–Crippen LogP) is 3.51. The van der Waals surface area contributed by atoms with Crippen LogP contribution in [0.1, 0.15) is 53.0 Å². The fraction of sp³-hybridized carbons (Fsp3) is 0.458. The van der Waals surface area contributed by atoms with Gasteiger partial charge in [0.25, 0.3) is 5.91 Å². The minimum Gasteiger partial charge on any atom is -0.406 e. The number of halogens is 3. The van der Waals surface area contributed by atoms with Crippen LogP contribution in [0.15, 0.2) is 30.5 Å². The van der Waals surface area contributed by atoms with Crippen molar-refractivity contribution in [2.24, 2.45) is 0 Å². The lowest BCUT2D eigenvalue weighted by atomic mass is 9.89. The number of nitrogens with zero attached hydrogens (tertiary/aromatic N) is 3. The Morgan fingerprint density at radius 2 is 2.03 bits per heavy atom. The van der Waals surface area contributed by atoms with E-state index in [0.717, 1.165) is 42.0 Å². The van der Waals surface area contributed by atoms with Gasteiger partial charge in [-0.05, 0) is 55.5 Å². The summed E-state index contributed by atoms with van der Waals surface area (Å²) in [5, 5.41) is 3.36. The highest BCUT2D eigenvalue weighted by Gasteiger charge is 2.32. The average molecular weight is 505 g/mol. The normalized spacial score (nSPS) is 19.9. The van der Waals surface area contributed by atoms with Crippen LogP contribution in [-0.2, 0) is 4.74 Å². The number of H-pyrrole nitrogens is 1. The first kappa shape index (κ1) is 24.3. The quantitative estimate of drug-likeness (QED) is 0.466. The number of ether oxygens (including phenoxy) is 2. The van der Waals surface area contributed by atoms with Gasteiger partial charge in [-0.1, -0.05) is 0 Å². The number of nitrogens with one attached hydrogen (secondary N) is 2. The van der Waals surface area contributed by atoms with E-state index in [-0.39, 0.29) is 29.2 Å². The van der Waals surface area contributed by atoms with E-state index < -0.39 is 12.1 Å². The zero-order chi connectivity index (χ0) is 25.3. The molecule has 2 fully saturated rings. The summed E-state index contributed by atoms with van der Waals surface area (Å²) in [5.74, 6) is 0.161. The van der Waals surface area contributed by atoms with Gasteiger partial charge >= 0.3 is 6.36 Å². The average Bonchev–Trinajstić information content (AvgIpc) is 3.09. The Balaban J connectivity index is 1.27. The molecule has 4 heterocycles. The van der Waals surface area contributed by atoms with E-state index >= 15 is 0 Å². The standard InChI is InChI=1S/C24H27F3N6O3/c25-24(26,27)36-15-2-3-17(18(28)12-15)23(34)33-9-5-14(6-10-33)16-4-8-30-22-20(16)31-21(32-22)19-13-29-7-1-11-35-19/h2-4,8,12,14,19,29H,1,5-7,9-11,13,28H2,(H,30,31,32). The summed E-state index contributed by atoms with van der Waals surface area (Å²) in [6, 6.07) is 5.36. The van der Waals surface area contributed by atoms with Crippen molar-refractivity contribution in [3.63, 3.8) is 0 Å². The Morgan fingerprint density at radius 3 is 2.78 bits per heavy atom. The molecule has 0 aliphatic carbocycles. The Morgan fingerprint density at radius 1 is 1.22 bits per heavy atom. The summed E-state index contributed by atoms with van der Waals surface area (Å²) in [6.07, 6.45) is -0.851. The third-order valence-electron chi connectivity index (χ3n) is 6.59. The highest BCUT2D eigenvalue weighted by molar-refractivity contribution is 5.99. The number of carbonyl (C=O) groups is 1. The van der Waals surface area contributed by atoms with Crippen LogP contribution in [0, 0.1) is 0 Å². The lowest BCUT2D eigenvalue weighted by molar-refractivity contribution is -0.274. The summed E-state index contributed by atoms with van der Waals surface area (Å²) < 4.78 is 47.2. The molecule has 2 aliphatic rings. The molecule has 1 amide bonds. The van der Waals surface area contributed by atoms with Crippen LogP contribution < -0.4 is 15.8 Å². The van der Waals surface area contributed by atoms with Gasteiger partial charge in [0.1, 0.15) is 23.2 Å². The first-order chi connectivity index (χ1) is 17.3. The number of fused-ring (bicyclic) bond motifs is 1. The fourth-order valence-corrected chi connectivity index (χ4v) is 4.82. The van der Waals surface area contributed by atoms with Crippen molar-refractivity contribution < 1.29 is 27.4 Å². The molecule has 0 spiro atoms. The molecule has 12 heteroatoms. The Hall–Kier alpha value is -3.38. The molecule has 1 atom stereocenters. The van der Waals surface area contributed by atoms with Crippen LogP contribution in [0.5, 0.6) is 5.75 Å². The number of hydrogen-bond acceptors (Lipinski definition) is 7. The Kier molecular flexibility index (Phi) is 6.71. The number of anilines is 1. The van der Waals surface area contributed by atoms with Gasteiger partial charge in [0, 0.05) is 44.2 Å². The first-order valence-corrected chi connectivity index (χ1v) is 11.9. The number of amides is 1. The van der Waals surface area contributed by atoms with Crippen LogP contribution in [0.3, 0.4) is 0 Å². The van der Waals surface area contributed by atoms with Gasteiger partial charge in [-0.2, -0.15) is 0 Å². The number of imidazole rings is 1. The molecule has 1 aromatic carbocycles. The van der Waals surface area contributed by atoms with Crippen molar-refractivity contribution in [1.82, 2.24) is 25.2 Å². The fourth-order valence-electron chi connectivity index (χ4n) is 4.82. The summed E-state index contributed by atoms with van der Waals surface area (Å²) >= 11 is 0. The SMILES string of the molecule is Nc1cc(OC(F)(F)F)ccc1C(=O)N1CCC(c2ccnc3[nH]c(C4CNCCCO4)nc23)CC1. The smallest absolute Gasteiger partial charge is 0.406 e. The molecular weight excluding hydrogens is 477 g/mol. The number of pyridine rings is 1. The van der Waals surface area contributed by atoms with Crippen LogP contribution >= 0.6 is 0 Å². The predicted molar refractivity (Wildman–Crippen MR) is 125 cm³/mol. The summed E-state index contributed by atoms with van der Waals surface area (Å²) in [4.78, 5) is 27.3. The molecule has 3 aromatic rings. The van der Waals surface area contributed by atoms with E-state index in [1.807, 2.05) is 6.07 Å². The van der Waals surface area contributed by atoms with Crippen LogP contribution in [0.2, 0.25) is 0 Å². The lowest BCUT2D eigenvalue weighted by Crippen LogP contribution is -2.38. The minimum atomic E-state index is -4.83. The van der Waals surface area contributed by atoms with Crippen LogP contribution in [-0.4, -0.2) is 64.9 Å². The number of rotatable bonds is 4. The van der Waals surface area contributed by atoms with E-state index in [1.165, 1.54) is 6.07 Å². The minimum absolute atomic E-state index is 0.0565. The second-order valence-electron chi connectivity index (χ2n) is 9.00. The van der Waals surface area contributed by atoms with Gasteiger partial charge in [0.05, 0.1) is 5.56 Å². The van der Waals surface area contributed by atoms with Crippen molar-refractivity contribution in [3.8, 4) is 5.75 Å². The van der Waals surface area contributed by atoms with E-state index in [0.29, 0.717) is 44.7 Å². The summed E-state index contributed by atoms with van der Waals surface area (Å²) in [6.45, 7) is 3.24. The van der Waals surface area contributed by atoms with Gasteiger partial charge in [0.2, 0.25) is 0 Å². The molecule has 4 N–H and O–H groups in total. The number of aromatic amines is 1. The van der Waals surface area contributed by atoms with Crippen molar-refractivity contribution >= 4 is 22.8 Å². The molecule has 0 bridgehead atoms. The second kappa shape index (κ2) is 9.94. The van der Waals surface area contributed by atoms with Crippen molar-refractivity contribution in [1.29, 1.82) is 0 Å². The third-order valence-corrected chi connectivity index (χ3v) is 6.59. The summed E-state index contributed by atoms with van der Waals surface area (Å²) in [5.41, 5.74) is 8.57.